The summed E-state index contributed by atoms with van der Waals surface area (Å²) in [5.41, 5.74) is 2.32. The Morgan fingerprint density at radius 3 is 2.78 bits per heavy atom. The number of ether oxygens (including phenoxy) is 1. The van der Waals surface area contributed by atoms with Crippen LogP contribution in [0, 0.1) is 16.0 Å². The summed E-state index contributed by atoms with van der Waals surface area (Å²) in [5.74, 6) is -1.01. The normalized spacial score (nSPS) is 22.8. The summed E-state index contributed by atoms with van der Waals surface area (Å²) >= 11 is 0. The number of carbonyl (C=O) groups excluding carboxylic acids is 3. The number of nitrogens with one attached hydrogen (secondary N) is 2. The highest BCUT2D eigenvalue weighted by Gasteiger charge is 2.67. The molecule has 6 rings (SSSR count). The van der Waals surface area contributed by atoms with Crippen molar-refractivity contribution in [3.63, 3.8) is 0 Å². The monoisotopic (exact) mass is 432 g/mol. The summed E-state index contributed by atoms with van der Waals surface area (Å²) in [6, 6.07) is 7.60. The van der Waals surface area contributed by atoms with Crippen molar-refractivity contribution in [2.75, 3.05) is 13.7 Å². The van der Waals surface area contributed by atoms with Gasteiger partial charge in [-0.15, -0.1) is 0 Å². The summed E-state index contributed by atoms with van der Waals surface area (Å²) in [7, 11) is 1.27. The van der Waals surface area contributed by atoms with Gasteiger partial charge in [-0.25, -0.2) is 4.79 Å². The second-order valence-electron chi connectivity index (χ2n) is 8.36. The van der Waals surface area contributed by atoms with Crippen LogP contribution in [0.1, 0.15) is 43.4 Å². The molecule has 1 spiro atoms. The lowest BCUT2D eigenvalue weighted by Gasteiger charge is -2.27. The van der Waals surface area contributed by atoms with Gasteiger partial charge in [0.1, 0.15) is 11.4 Å². The number of nitrogens with zero attached hydrogens (tertiary/aromatic N) is 2. The van der Waals surface area contributed by atoms with Crippen molar-refractivity contribution in [2.24, 2.45) is 5.92 Å². The number of H-pyrrole nitrogens is 2. The van der Waals surface area contributed by atoms with E-state index >= 15 is 0 Å². The molecule has 160 valence electrons. The molecule has 3 heterocycles. The lowest BCUT2D eigenvalue weighted by atomic mass is 9.85. The lowest BCUT2D eigenvalue weighted by Crippen LogP contribution is -2.33. The molecule has 1 aromatic carbocycles. The number of fused-ring (bicyclic) bond motifs is 2. The Bertz CT molecular complexity index is 1430. The van der Waals surface area contributed by atoms with E-state index in [9.17, 15) is 24.5 Å². The molecule has 2 fully saturated rings. The van der Waals surface area contributed by atoms with E-state index in [4.69, 9.17) is 4.74 Å². The van der Waals surface area contributed by atoms with Crippen LogP contribution < -0.4 is 0 Å². The summed E-state index contributed by atoms with van der Waals surface area (Å²) < 4.78 is 4.77. The number of carbonyl (C=O) groups is 3. The number of benzene rings is 1. The molecular weight excluding hydrogens is 416 g/mol. The van der Waals surface area contributed by atoms with E-state index in [1.807, 2.05) is 0 Å². The number of non-ortho nitro benzene ring substituents is 1. The standard InChI is InChI=1S/C22H16N4O6/c1-32-21(29)16-6-13-19(24-16)17(27)7-18-22(13)8-11(22)9-25(18)20(28)15-5-10-4-12(26(30)31)2-3-14(10)23-15/h2-7,11,23-24H,8-9H2,1H3/t11-,22-/m1/s1. The number of amides is 1. The van der Waals surface area contributed by atoms with E-state index in [0.717, 1.165) is 12.0 Å². The Kier molecular flexibility index (Phi) is 3.44. The summed E-state index contributed by atoms with van der Waals surface area (Å²) in [6.07, 6.45) is 2.26. The van der Waals surface area contributed by atoms with Gasteiger partial charge in [-0.3, -0.25) is 19.7 Å². The maximum atomic E-state index is 13.4. The number of hydrogen-bond acceptors (Lipinski definition) is 6. The molecule has 3 aliphatic rings. The van der Waals surface area contributed by atoms with Gasteiger partial charge in [-0.05, 0) is 36.1 Å². The maximum Gasteiger partial charge on any atom is 0.354 e. The smallest absolute Gasteiger partial charge is 0.354 e. The average Bonchev–Trinajstić information content (AvgIpc) is 3.14. The minimum absolute atomic E-state index is 0.0566. The topological polar surface area (TPSA) is 138 Å². The fourth-order valence-electron chi connectivity index (χ4n) is 5.20. The maximum absolute atomic E-state index is 13.4. The van der Waals surface area contributed by atoms with Crippen molar-refractivity contribution < 1.29 is 24.0 Å². The van der Waals surface area contributed by atoms with Gasteiger partial charge >= 0.3 is 5.97 Å². The van der Waals surface area contributed by atoms with Crippen LogP contribution in [-0.4, -0.2) is 51.1 Å². The number of allylic oxidation sites excluding steroid dienone is 2. The minimum Gasteiger partial charge on any atom is -0.464 e. The van der Waals surface area contributed by atoms with Crippen LogP contribution in [0.5, 0.6) is 0 Å². The van der Waals surface area contributed by atoms with E-state index in [1.165, 1.54) is 25.3 Å². The molecule has 0 radical (unpaired) electrons. The Hall–Kier alpha value is -4.21. The highest BCUT2D eigenvalue weighted by molar-refractivity contribution is 6.10. The average molecular weight is 432 g/mol. The van der Waals surface area contributed by atoms with E-state index in [1.54, 1.807) is 23.1 Å². The largest absolute Gasteiger partial charge is 0.464 e. The van der Waals surface area contributed by atoms with E-state index in [0.29, 0.717) is 34.5 Å². The molecule has 2 aliphatic carbocycles. The van der Waals surface area contributed by atoms with Crippen molar-refractivity contribution in [3.05, 3.63) is 74.9 Å². The van der Waals surface area contributed by atoms with Crippen molar-refractivity contribution in [2.45, 2.75) is 11.8 Å². The zero-order valence-corrected chi connectivity index (χ0v) is 16.8. The van der Waals surface area contributed by atoms with E-state index < -0.39 is 16.3 Å². The molecule has 10 heteroatoms. The molecule has 0 unspecified atom stereocenters. The zero-order chi connectivity index (χ0) is 22.4. The molecule has 2 atom stereocenters. The molecule has 0 bridgehead atoms. The number of aromatic nitrogens is 2. The molecule has 1 saturated heterocycles. The number of methoxy groups -OCH3 is 1. The van der Waals surface area contributed by atoms with Gasteiger partial charge in [-0.1, -0.05) is 0 Å². The van der Waals surface area contributed by atoms with E-state index in [-0.39, 0.29) is 29.0 Å². The molecule has 10 nitrogen and oxygen atoms in total. The molecule has 2 N–H and O–H groups in total. The van der Waals surface area contributed by atoms with Gasteiger partial charge in [0, 0.05) is 46.8 Å². The Labute approximate surface area is 180 Å². The Balaban J connectivity index is 1.37. The van der Waals surface area contributed by atoms with Crippen LogP contribution in [-0.2, 0) is 10.2 Å². The number of hydrogen-bond donors (Lipinski definition) is 2. The first kappa shape index (κ1) is 18.6. The van der Waals surface area contributed by atoms with Crippen LogP contribution in [0.2, 0.25) is 0 Å². The Morgan fingerprint density at radius 2 is 2.03 bits per heavy atom. The first-order chi connectivity index (χ1) is 15.3. The van der Waals surface area contributed by atoms with Crippen molar-refractivity contribution in [3.8, 4) is 0 Å². The fraction of sp³-hybridized carbons (Fsp3) is 0.227. The molecule has 32 heavy (non-hydrogen) atoms. The van der Waals surface area contributed by atoms with Gasteiger partial charge < -0.3 is 19.6 Å². The number of rotatable bonds is 3. The molecule has 2 aromatic heterocycles. The van der Waals surface area contributed by atoms with Crippen LogP contribution in [0.4, 0.5) is 5.69 Å². The van der Waals surface area contributed by atoms with Gasteiger partial charge in [0.15, 0.2) is 0 Å². The molecular formula is C22H16N4O6. The highest BCUT2D eigenvalue weighted by atomic mass is 16.6. The first-order valence-electron chi connectivity index (χ1n) is 10.0. The number of piperidine rings is 1. The predicted molar refractivity (Wildman–Crippen MR) is 110 cm³/mol. The second-order valence-corrected chi connectivity index (χ2v) is 8.36. The number of nitro groups is 1. The van der Waals surface area contributed by atoms with E-state index in [2.05, 4.69) is 9.97 Å². The summed E-state index contributed by atoms with van der Waals surface area (Å²) in [5, 5.41) is 11.6. The van der Waals surface area contributed by atoms with Gasteiger partial charge in [0.05, 0.1) is 17.7 Å². The lowest BCUT2D eigenvalue weighted by molar-refractivity contribution is -0.384. The van der Waals surface area contributed by atoms with Crippen molar-refractivity contribution >= 4 is 34.3 Å². The summed E-state index contributed by atoms with van der Waals surface area (Å²) in [4.78, 5) is 56.2. The molecule has 1 amide bonds. The van der Waals surface area contributed by atoms with Crippen LogP contribution in [0.3, 0.4) is 0 Å². The number of likely N-dealkylation sites (tertiary alicyclic amines) is 1. The van der Waals surface area contributed by atoms with Gasteiger partial charge in [-0.2, -0.15) is 0 Å². The second kappa shape index (κ2) is 5.94. The quantitative estimate of drug-likeness (QED) is 0.371. The third-order valence-electron chi connectivity index (χ3n) is 6.76. The SMILES string of the molecule is COC(=O)c1cc2c([nH]1)C(=O)C=C1N(C(=O)c3cc4cc([N+](=O)[O-])ccc4[nH]3)C[C@H]3C[C@]123. The van der Waals surface area contributed by atoms with Gasteiger partial charge in [0.2, 0.25) is 5.78 Å². The van der Waals surface area contributed by atoms with Gasteiger partial charge in [0.25, 0.3) is 11.6 Å². The Morgan fingerprint density at radius 1 is 1.22 bits per heavy atom. The van der Waals surface area contributed by atoms with Crippen molar-refractivity contribution in [1.29, 1.82) is 0 Å². The molecule has 3 aromatic rings. The number of ketones is 1. The third-order valence-corrected chi connectivity index (χ3v) is 6.76. The fourth-order valence-corrected chi connectivity index (χ4v) is 5.20. The number of nitro benzene ring substituents is 1. The zero-order valence-electron chi connectivity index (χ0n) is 16.8. The van der Waals surface area contributed by atoms with Crippen LogP contribution in [0.15, 0.2) is 42.1 Å². The van der Waals surface area contributed by atoms with Crippen molar-refractivity contribution in [1.82, 2.24) is 14.9 Å². The third kappa shape index (κ3) is 2.26. The minimum atomic E-state index is -0.555. The molecule has 1 saturated carbocycles. The molecule has 1 aliphatic heterocycles. The predicted octanol–water partition coefficient (Wildman–Crippen LogP) is 2.68. The summed E-state index contributed by atoms with van der Waals surface area (Å²) in [6.45, 7) is 0.450. The number of esters is 1. The number of aromatic amines is 2. The first-order valence-corrected chi connectivity index (χ1v) is 10.0. The van der Waals surface area contributed by atoms with Crippen LogP contribution >= 0.6 is 0 Å². The van der Waals surface area contributed by atoms with Crippen LogP contribution in [0.25, 0.3) is 10.9 Å². The highest BCUT2D eigenvalue weighted by Crippen LogP contribution is 2.66.